The van der Waals surface area contributed by atoms with E-state index in [-0.39, 0.29) is 0 Å². The molecule has 0 saturated heterocycles. The zero-order chi connectivity index (χ0) is 8.81. The Balaban J connectivity index is 2.64. The minimum atomic E-state index is 0.904. The maximum Gasteiger partial charge on any atom is 0.118 e. The van der Waals surface area contributed by atoms with E-state index in [1.807, 2.05) is 17.1 Å². The van der Waals surface area contributed by atoms with Crippen molar-refractivity contribution in [3.8, 4) is 5.75 Å². The Morgan fingerprint density at radius 3 is 2.50 bits per heavy atom. The molecule has 0 fully saturated rings. The van der Waals surface area contributed by atoms with E-state index in [1.54, 1.807) is 7.11 Å². The van der Waals surface area contributed by atoms with Crippen molar-refractivity contribution in [2.75, 3.05) is 7.11 Å². The molecule has 1 aromatic rings. The van der Waals surface area contributed by atoms with Gasteiger partial charge in [0.15, 0.2) is 0 Å². The summed E-state index contributed by atoms with van der Waals surface area (Å²) in [6, 6.07) is 8.06. The predicted molar refractivity (Wildman–Crippen MR) is 54.8 cm³/mol. The van der Waals surface area contributed by atoms with Gasteiger partial charge >= 0.3 is 0 Å². The fourth-order valence-electron chi connectivity index (χ4n) is 0.942. The predicted octanol–water partition coefficient (Wildman–Crippen LogP) is 3.15. The molecule has 0 radical (unpaired) electrons. The van der Waals surface area contributed by atoms with Gasteiger partial charge < -0.3 is 4.74 Å². The summed E-state index contributed by atoms with van der Waals surface area (Å²) in [6.45, 7) is 0. The Kier molecular flexibility index (Phi) is 3.88. The monoisotopic (exact) mass is 226 g/mol. The van der Waals surface area contributed by atoms with Gasteiger partial charge in [-0.05, 0) is 29.1 Å². The fraction of sp³-hybridized carbons (Fsp3) is 0.200. The molecule has 0 saturated carbocycles. The highest BCUT2D eigenvalue weighted by Crippen LogP contribution is 2.11. The molecule has 0 bridgehead atoms. The number of ether oxygens (including phenoxy) is 1. The summed E-state index contributed by atoms with van der Waals surface area (Å²) in [5.74, 6) is 0.904. The molecule has 0 aliphatic heterocycles. The maximum absolute atomic E-state index is 5.05. The van der Waals surface area contributed by atoms with Crippen LogP contribution in [0, 0.1) is 0 Å². The lowest BCUT2D eigenvalue weighted by molar-refractivity contribution is 0.414. The lowest BCUT2D eigenvalue weighted by Gasteiger charge is -1.99. The summed E-state index contributed by atoms with van der Waals surface area (Å²) in [6.07, 6.45) is 3.01. The van der Waals surface area contributed by atoms with E-state index in [2.05, 4.69) is 34.1 Å². The summed E-state index contributed by atoms with van der Waals surface area (Å²) in [7, 11) is 1.67. The molecule has 1 rings (SSSR count). The van der Waals surface area contributed by atoms with Crippen LogP contribution in [0.5, 0.6) is 5.75 Å². The molecular formula is C10H11BrO. The Bertz CT molecular complexity index is 251. The molecule has 0 spiro atoms. The van der Waals surface area contributed by atoms with Crippen LogP contribution in [0.15, 0.2) is 35.3 Å². The molecule has 0 N–H and O–H groups in total. The van der Waals surface area contributed by atoms with Crippen molar-refractivity contribution in [1.29, 1.82) is 0 Å². The quantitative estimate of drug-likeness (QED) is 0.770. The van der Waals surface area contributed by atoms with Crippen molar-refractivity contribution in [3.05, 3.63) is 40.9 Å². The van der Waals surface area contributed by atoms with E-state index in [4.69, 9.17) is 4.74 Å². The van der Waals surface area contributed by atoms with Gasteiger partial charge in [0.2, 0.25) is 0 Å². The molecule has 0 heterocycles. The first-order chi connectivity index (χ1) is 5.86. The fourth-order valence-corrected chi connectivity index (χ4v) is 1.13. The SMILES string of the molecule is COc1ccc(CC=CBr)cc1. The van der Waals surface area contributed by atoms with Crippen molar-refractivity contribution < 1.29 is 4.74 Å². The molecule has 1 aromatic carbocycles. The van der Waals surface area contributed by atoms with Gasteiger partial charge in [-0.15, -0.1) is 0 Å². The number of hydrogen-bond acceptors (Lipinski definition) is 1. The van der Waals surface area contributed by atoms with Gasteiger partial charge in [-0.2, -0.15) is 0 Å². The van der Waals surface area contributed by atoms with Crippen LogP contribution in [0.4, 0.5) is 0 Å². The van der Waals surface area contributed by atoms with E-state index in [1.165, 1.54) is 5.56 Å². The van der Waals surface area contributed by atoms with Crippen LogP contribution < -0.4 is 4.74 Å². The second kappa shape index (κ2) is 4.99. The topological polar surface area (TPSA) is 9.23 Å². The molecule has 2 heteroatoms. The van der Waals surface area contributed by atoms with E-state index in [9.17, 15) is 0 Å². The zero-order valence-corrected chi connectivity index (χ0v) is 8.54. The molecule has 0 amide bonds. The Labute approximate surface area is 81.2 Å². The van der Waals surface area contributed by atoms with E-state index in [0.29, 0.717) is 0 Å². The summed E-state index contributed by atoms with van der Waals surface area (Å²) in [5, 5.41) is 0. The van der Waals surface area contributed by atoms with Gasteiger partial charge in [0.05, 0.1) is 7.11 Å². The molecule has 0 aromatic heterocycles. The average Bonchev–Trinajstić information content (AvgIpc) is 2.15. The molecule has 0 aliphatic carbocycles. The van der Waals surface area contributed by atoms with Gasteiger partial charge in [0, 0.05) is 0 Å². The van der Waals surface area contributed by atoms with Gasteiger partial charge in [-0.25, -0.2) is 0 Å². The molecule has 0 unspecified atom stereocenters. The van der Waals surface area contributed by atoms with E-state index in [0.717, 1.165) is 12.2 Å². The first-order valence-electron chi connectivity index (χ1n) is 3.75. The maximum atomic E-state index is 5.05. The van der Waals surface area contributed by atoms with Crippen LogP contribution in [0.3, 0.4) is 0 Å². The standard InChI is InChI=1S/C10H11BrO/c1-12-10-6-4-9(5-7-10)3-2-8-11/h2,4-8H,3H2,1H3. The number of allylic oxidation sites excluding steroid dienone is 1. The highest BCUT2D eigenvalue weighted by molar-refractivity contribution is 9.11. The Hall–Kier alpha value is -0.760. The third kappa shape index (κ3) is 2.70. The van der Waals surface area contributed by atoms with Crippen molar-refractivity contribution in [1.82, 2.24) is 0 Å². The summed E-state index contributed by atoms with van der Waals surface area (Å²) >= 11 is 3.23. The van der Waals surface area contributed by atoms with Crippen molar-refractivity contribution in [3.63, 3.8) is 0 Å². The lowest BCUT2D eigenvalue weighted by Crippen LogP contribution is -1.83. The molecule has 64 valence electrons. The third-order valence-corrected chi connectivity index (χ3v) is 1.98. The van der Waals surface area contributed by atoms with Crippen molar-refractivity contribution in [2.45, 2.75) is 6.42 Å². The number of benzene rings is 1. The van der Waals surface area contributed by atoms with Crippen molar-refractivity contribution in [2.24, 2.45) is 0 Å². The average molecular weight is 227 g/mol. The number of hydrogen-bond donors (Lipinski definition) is 0. The van der Waals surface area contributed by atoms with E-state index < -0.39 is 0 Å². The summed E-state index contributed by atoms with van der Waals surface area (Å²) < 4.78 is 5.05. The van der Waals surface area contributed by atoms with Crippen LogP contribution in [0.25, 0.3) is 0 Å². The van der Waals surface area contributed by atoms with Crippen LogP contribution in [-0.4, -0.2) is 7.11 Å². The number of rotatable bonds is 3. The van der Waals surface area contributed by atoms with Gasteiger partial charge in [0.25, 0.3) is 0 Å². The van der Waals surface area contributed by atoms with Crippen LogP contribution in [-0.2, 0) is 6.42 Å². The van der Waals surface area contributed by atoms with Crippen LogP contribution in [0.2, 0.25) is 0 Å². The lowest BCUT2D eigenvalue weighted by atomic mass is 10.1. The van der Waals surface area contributed by atoms with Crippen LogP contribution in [0.1, 0.15) is 5.56 Å². The van der Waals surface area contributed by atoms with Crippen molar-refractivity contribution >= 4 is 15.9 Å². The Morgan fingerprint density at radius 1 is 1.33 bits per heavy atom. The largest absolute Gasteiger partial charge is 0.497 e. The highest BCUT2D eigenvalue weighted by Gasteiger charge is 1.90. The number of halogens is 1. The normalized spacial score (nSPS) is 10.5. The first-order valence-corrected chi connectivity index (χ1v) is 4.66. The van der Waals surface area contributed by atoms with Crippen LogP contribution >= 0.6 is 15.9 Å². The summed E-state index contributed by atoms with van der Waals surface area (Å²) in [4.78, 5) is 1.87. The minimum Gasteiger partial charge on any atom is -0.497 e. The smallest absolute Gasteiger partial charge is 0.118 e. The molecule has 1 nitrogen and oxygen atoms in total. The summed E-state index contributed by atoms with van der Waals surface area (Å²) in [5.41, 5.74) is 1.28. The number of methoxy groups -OCH3 is 1. The second-order valence-corrected chi connectivity index (χ2v) is 2.94. The third-order valence-electron chi connectivity index (χ3n) is 1.60. The zero-order valence-electron chi connectivity index (χ0n) is 6.96. The van der Waals surface area contributed by atoms with Gasteiger partial charge in [-0.1, -0.05) is 34.1 Å². The van der Waals surface area contributed by atoms with E-state index >= 15 is 0 Å². The molecular weight excluding hydrogens is 216 g/mol. The van der Waals surface area contributed by atoms with Gasteiger partial charge in [-0.3, -0.25) is 0 Å². The van der Waals surface area contributed by atoms with Gasteiger partial charge in [0.1, 0.15) is 5.75 Å². The molecule has 0 atom stereocenters. The minimum absolute atomic E-state index is 0.904. The second-order valence-electron chi connectivity index (χ2n) is 2.41. The molecule has 12 heavy (non-hydrogen) atoms. The molecule has 0 aliphatic rings. The highest BCUT2D eigenvalue weighted by atomic mass is 79.9. The Morgan fingerprint density at radius 2 is 2.00 bits per heavy atom. The first kappa shape index (κ1) is 9.33.